The number of nitrogens with two attached hydrogens (primary N) is 1. The summed E-state index contributed by atoms with van der Waals surface area (Å²) >= 11 is 0. The Morgan fingerprint density at radius 3 is 2.42 bits per heavy atom. The first-order valence-electron chi connectivity index (χ1n) is 7.69. The fraction of sp³-hybridized carbons (Fsp3) is 0.500. The van der Waals surface area contributed by atoms with Crippen LogP contribution in [0.3, 0.4) is 0 Å². The molecule has 0 radical (unpaired) electrons. The van der Waals surface area contributed by atoms with Crippen LogP contribution in [-0.2, 0) is 20.7 Å². The zero-order valence-corrected chi connectivity index (χ0v) is 14.2. The normalized spacial score (nSPS) is 17.5. The highest BCUT2D eigenvalue weighted by molar-refractivity contribution is 5.85. The average molecular weight is 358 g/mol. The monoisotopic (exact) mass is 357 g/mol. The number of carbonyl (C=O) groups is 2. The van der Waals surface area contributed by atoms with E-state index in [-0.39, 0.29) is 18.8 Å². The third-order valence-electron chi connectivity index (χ3n) is 3.86. The molecule has 0 aromatic heterocycles. The van der Waals surface area contributed by atoms with Crippen molar-refractivity contribution in [1.82, 2.24) is 10.2 Å². The molecule has 8 heteroatoms. The van der Waals surface area contributed by atoms with Gasteiger partial charge in [-0.3, -0.25) is 19.8 Å². The molecule has 1 aliphatic rings. The lowest BCUT2D eigenvalue weighted by molar-refractivity contribution is -0.140. The van der Waals surface area contributed by atoms with Crippen LogP contribution in [-0.4, -0.2) is 60.4 Å². The first-order chi connectivity index (χ1) is 11.1. The van der Waals surface area contributed by atoms with Crippen molar-refractivity contribution in [2.24, 2.45) is 5.73 Å². The molecule has 0 bridgehead atoms. The number of carboxylic acids is 1. The predicted octanol–water partition coefficient (Wildman–Crippen LogP) is 0.227. The molecule has 7 nitrogen and oxygen atoms in total. The van der Waals surface area contributed by atoms with Gasteiger partial charge in [-0.15, -0.1) is 12.4 Å². The van der Waals surface area contributed by atoms with E-state index >= 15 is 0 Å². The van der Waals surface area contributed by atoms with Crippen molar-refractivity contribution in [3.63, 3.8) is 0 Å². The van der Waals surface area contributed by atoms with Gasteiger partial charge in [0, 0.05) is 13.1 Å². The van der Waals surface area contributed by atoms with E-state index in [1.165, 1.54) is 0 Å². The maximum atomic E-state index is 11.6. The summed E-state index contributed by atoms with van der Waals surface area (Å²) in [5.74, 6) is -1.41. The summed E-state index contributed by atoms with van der Waals surface area (Å²) in [7, 11) is 0. The molecule has 1 amide bonds. The van der Waals surface area contributed by atoms with Crippen LogP contribution in [0.15, 0.2) is 30.3 Å². The average Bonchev–Trinajstić information content (AvgIpc) is 2.54. The van der Waals surface area contributed by atoms with Crippen LogP contribution in [0.25, 0.3) is 0 Å². The van der Waals surface area contributed by atoms with Gasteiger partial charge < -0.3 is 15.6 Å². The van der Waals surface area contributed by atoms with Crippen LogP contribution in [0.1, 0.15) is 12.0 Å². The molecule has 134 valence electrons. The molecular weight excluding hydrogens is 334 g/mol. The number of carbonyl (C=O) groups excluding carboxylic acids is 1. The highest BCUT2D eigenvalue weighted by Crippen LogP contribution is 2.09. The third-order valence-corrected chi connectivity index (χ3v) is 3.86. The highest BCUT2D eigenvalue weighted by Gasteiger charge is 2.28. The Labute approximate surface area is 147 Å². The molecule has 0 saturated carbocycles. The lowest BCUT2D eigenvalue weighted by atomic mass is 10.1. The van der Waals surface area contributed by atoms with E-state index in [0.717, 1.165) is 5.56 Å². The Bertz CT molecular complexity index is 523. The maximum absolute atomic E-state index is 11.6. The number of nitrogens with one attached hydrogen (secondary N) is 1. The molecule has 1 aliphatic heterocycles. The second-order valence-corrected chi connectivity index (χ2v) is 5.58. The van der Waals surface area contributed by atoms with Gasteiger partial charge in [-0.05, 0) is 12.0 Å². The van der Waals surface area contributed by atoms with Gasteiger partial charge in [0.25, 0.3) is 0 Å². The van der Waals surface area contributed by atoms with E-state index in [4.69, 9.17) is 10.5 Å². The van der Waals surface area contributed by atoms with E-state index in [2.05, 4.69) is 5.32 Å². The first-order valence-corrected chi connectivity index (χ1v) is 7.69. The SMILES string of the molecule is Cl.NC(=O)CC(N[C@H](Cc1ccccc1)C(=O)O)N1CCOCC1. The zero-order valence-electron chi connectivity index (χ0n) is 13.4. The summed E-state index contributed by atoms with van der Waals surface area (Å²) in [4.78, 5) is 24.9. The molecule has 1 unspecified atom stereocenters. The lowest BCUT2D eigenvalue weighted by Crippen LogP contribution is -2.56. The number of morpholine rings is 1. The Balaban J connectivity index is 0.00000288. The summed E-state index contributed by atoms with van der Waals surface area (Å²) in [6.45, 7) is 2.41. The van der Waals surface area contributed by atoms with Gasteiger partial charge in [-0.25, -0.2) is 0 Å². The van der Waals surface area contributed by atoms with E-state index in [1.807, 2.05) is 35.2 Å². The summed E-state index contributed by atoms with van der Waals surface area (Å²) in [6.07, 6.45) is 0.00940. The van der Waals surface area contributed by atoms with Gasteiger partial charge >= 0.3 is 5.97 Å². The maximum Gasteiger partial charge on any atom is 0.321 e. The molecule has 24 heavy (non-hydrogen) atoms. The van der Waals surface area contributed by atoms with E-state index < -0.39 is 24.1 Å². The number of aliphatic carboxylic acids is 1. The van der Waals surface area contributed by atoms with Gasteiger partial charge in [0.05, 0.1) is 25.8 Å². The van der Waals surface area contributed by atoms with E-state index in [1.54, 1.807) is 0 Å². The van der Waals surface area contributed by atoms with Crippen LogP contribution in [0, 0.1) is 0 Å². The van der Waals surface area contributed by atoms with Crippen molar-refractivity contribution in [1.29, 1.82) is 0 Å². The summed E-state index contributed by atoms with van der Waals surface area (Å²) in [6, 6.07) is 8.61. The van der Waals surface area contributed by atoms with E-state index in [9.17, 15) is 14.7 Å². The Morgan fingerprint density at radius 2 is 1.88 bits per heavy atom. The van der Waals surface area contributed by atoms with Gasteiger partial charge in [0.2, 0.25) is 5.91 Å². The Kier molecular flexibility index (Phi) is 8.70. The molecule has 1 heterocycles. The topological polar surface area (TPSA) is 105 Å². The lowest BCUT2D eigenvalue weighted by Gasteiger charge is -2.36. The molecular formula is C16H24ClN3O4. The smallest absolute Gasteiger partial charge is 0.321 e. The largest absolute Gasteiger partial charge is 0.480 e. The quantitative estimate of drug-likeness (QED) is 0.615. The molecule has 1 aromatic rings. The van der Waals surface area contributed by atoms with Gasteiger partial charge in [0.1, 0.15) is 6.04 Å². The van der Waals surface area contributed by atoms with Gasteiger partial charge in [0.15, 0.2) is 0 Å². The highest BCUT2D eigenvalue weighted by atomic mass is 35.5. The zero-order chi connectivity index (χ0) is 16.7. The number of amides is 1. The van der Waals surface area contributed by atoms with Crippen LogP contribution in [0.4, 0.5) is 0 Å². The number of hydrogen-bond donors (Lipinski definition) is 3. The standard InChI is InChI=1S/C16H23N3O4.ClH/c17-14(20)11-15(19-6-8-23-9-7-19)18-13(16(21)22)10-12-4-2-1-3-5-12;/h1-5,13,15,18H,6-11H2,(H2,17,20)(H,21,22);1H/t13-,15?;/m1./s1. The molecule has 0 spiro atoms. The summed E-state index contributed by atoms with van der Waals surface area (Å²) in [5, 5.41) is 12.6. The van der Waals surface area contributed by atoms with Crippen molar-refractivity contribution >= 4 is 24.3 Å². The minimum Gasteiger partial charge on any atom is -0.480 e. The van der Waals surface area contributed by atoms with Crippen molar-refractivity contribution in [2.45, 2.75) is 25.0 Å². The molecule has 0 aliphatic carbocycles. The second kappa shape index (κ2) is 10.2. The molecule has 2 atom stereocenters. The number of primary amides is 1. The first kappa shape index (κ1) is 20.4. The van der Waals surface area contributed by atoms with Crippen LogP contribution in [0.5, 0.6) is 0 Å². The Hall–Kier alpha value is -1.67. The molecule has 1 saturated heterocycles. The number of rotatable bonds is 8. The van der Waals surface area contributed by atoms with Crippen molar-refractivity contribution in [2.75, 3.05) is 26.3 Å². The number of ether oxygens (including phenoxy) is 1. The van der Waals surface area contributed by atoms with Crippen LogP contribution in [0.2, 0.25) is 0 Å². The Morgan fingerprint density at radius 1 is 1.25 bits per heavy atom. The van der Waals surface area contributed by atoms with E-state index in [0.29, 0.717) is 32.7 Å². The van der Waals surface area contributed by atoms with Crippen LogP contribution < -0.4 is 11.1 Å². The number of halogens is 1. The molecule has 1 fully saturated rings. The second-order valence-electron chi connectivity index (χ2n) is 5.58. The summed E-state index contributed by atoms with van der Waals surface area (Å²) < 4.78 is 5.30. The fourth-order valence-electron chi connectivity index (χ4n) is 2.67. The molecule has 2 rings (SSSR count). The van der Waals surface area contributed by atoms with Crippen molar-refractivity contribution in [3.05, 3.63) is 35.9 Å². The third kappa shape index (κ3) is 6.45. The predicted molar refractivity (Wildman–Crippen MR) is 91.9 cm³/mol. The minimum absolute atomic E-state index is 0. The number of benzene rings is 1. The molecule has 4 N–H and O–H groups in total. The number of carboxylic acid groups (broad SMARTS) is 1. The van der Waals surface area contributed by atoms with Crippen molar-refractivity contribution in [3.8, 4) is 0 Å². The molecule has 1 aromatic carbocycles. The van der Waals surface area contributed by atoms with Gasteiger partial charge in [-0.1, -0.05) is 30.3 Å². The minimum atomic E-state index is -0.948. The fourth-order valence-corrected chi connectivity index (χ4v) is 2.67. The number of nitrogens with zero attached hydrogens (tertiary/aromatic N) is 1. The summed E-state index contributed by atoms with van der Waals surface area (Å²) in [5.41, 5.74) is 6.24. The van der Waals surface area contributed by atoms with Crippen LogP contribution >= 0.6 is 12.4 Å². The van der Waals surface area contributed by atoms with Crippen molar-refractivity contribution < 1.29 is 19.4 Å². The van der Waals surface area contributed by atoms with Gasteiger partial charge in [-0.2, -0.15) is 0 Å². The number of hydrogen-bond acceptors (Lipinski definition) is 5.